The van der Waals surface area contributed by atoms with E-state index < -0.39 is 0 Å². The molecule has 126 valence electrons. The lowest BCUT2D eigenvalue weighted by molar-refractivity contribution is 0.0582. The van der Waals surface area contributed by atoms with E-state index in [9.17, 15) is 4.79 Å². The second-order valence-corrected chi connectivity index (χ2v) is 6.86. The first kappa shape index (κ1) is 16.3. The highest BCUT2D eigenvalue weighted by atomic mass is 16.2. The number of carbonyl (C=O) groups is 1. The van der Waals surface area contributed by atoms with Gasteiger partial charge in [0, 0.05) is 50.9 Å². The molecule has 3 heterocycles. The topological polar surface area (TPSA) is 61.4 Å². The van der Waals surface area contributed by atoms with Gasteiger partial charge in [-0.3, -0.25) is 9.69 Å². The van der Waals surface area contributed by atoms with E-state index in [4.69, 9.17) is 0 Å². The summed E-state index contributed by atoms with van der Waals surface area (Å²) in [5.74, 6) is 1.15. The van der Waals surface area contributed by atoms with Gasteiger partial charge in [0.25, 0.3) is 5.91 Å². The molecule has 1 atom stereocenters. The first-order valence-electron chi connectivity index (χ1n) is 8.64. The van der Waals surface area contributed by atoms with Crippen LogP contribution in [0.3, 0.4) is 0 Å². The van der Waals surface area contributed by atoms with Crippen LogP contribution in [0.2, 0.25) is 0 Å². The Kier molecular flexibility index (Phi) is 4.92. The van der Waals surface area contributed by atoms with Crippen molar-refractivity contribution in [3.05, 3.63) is 23.3 Å². The van der Waals surface area contributed by atoms with E-state index in [1.165, 1.54) is 6.42 Å². The zero-order valence-corrected chi connectivity index (χ0v) is 14.4. The SMILES string of the molecule is Cc1nc(C(C)C)ncc1C(=O)N1CCN([C@H]2CCNC2)CC1. The highest BCUT2D eigenvalue weighted by Gasteiger charge is 2.28. The molecule has 0 bridgehead atoms. The van der Waals surface area contributed by atoms with Crippen LogP contribution >= 0.6 is 0 Å². The number of carbonyl (C=O) groups excluding carboxylic acids is 1. The number of amides is 1. The number of nitrogens with one attached hydrogen (secondary N) is 1. The van der Waals surface area contributed by atoms with Crippen LogP contribution in [0, 0.1) is 6.92 Å². The molecule has 6 nitrogen and oxygen atoms in total. The molecule has 0 spiro atoms. The van der Waals surface area contributed by atoms with Gasteiger partial charge in [-0.25, -0.2) is 9.97 Å². The molecule has 1 aromatic heterocycles. The number of aromatic nitrogens is 2. The number of piperazine rings is 1. The molecule has 0 unspecified atom stereocenters. The Morgan fingerprint density at radius 3 is 2.61 bits per heavy atom. The van der Waals surface area contributed by atoms with E-state index >= 15 is 0 Å². The molecule has 1 amide bonds. The summed E-state index contributed by atoms with van der Waals surface area (Å²) in [5, 5.41) is 3.41. The van der Waals surface area contributed by atoms with E-state index in [0.717, 1.165) is 50.8 Å². The number of aryl methyl sites for hydroxylation is 1. The van der Waals surface area contributed by atoms with E-state index in [2.05, 4.69) is 34.0 Å². The van der Waals surface area contributed by atoms with Gasteiger partial charge in [0.1, 0.15) is 5.82 Å². The Bertz CT molecular complexity index is 560. The third kappa shape index (κ3) is 3.53. The monoisotopic (exact) mass is 317 g/mol. The molecule has 1 aromatic rings. The molecular formula is C17H27N5O. The van der Waals surface area contributed by atoms with Gasteiger partial charge in [-0.15, -0.1) is 0 Å². The lowest BCUT2D eigenvalue weighted by Gasteiger charge is -2.37. The highest BCUT2D eigenvalue weighted by molar-refractivity contribution is 5.95. The van der Waals surface area contributed by atoms with Crippen molar-refractivity contribution >= 4 is 5.91 Å². The molecule has 2 saturated heterocycles. The minimum atomic E-state index is 0.0713. The average molecular weight is 317 g/mol. The first-order valence-corrected chi connectivity index (χ1v) is 8.64. The number of rotatable bonds is 3. The van der Waals surface area contributed by atoms with Gasteiger partial charge < -0.3 is 10.2 Å². The second kappa shape index (κ2) is 6.93. The number of hydrogen-bond donors (Lipinski definition) is 1. The summed E-state index contributed by atoms with van der Waals surface area (Å²) in [6.07, 6.45) is 2.92. The van der Waals surface area contributed by atoms with Crippen LogP contribution in [0.1, 0.15) is 48.1 Å². The first-order chi connectivity index (χ1) is 11.1. The molecule has 2 aliphatic rings. The van der Waals surface area contributed by atoms with Gasteiger partial charge in [-0.1, -0.05) is 13.8 Å². The third-order valence-electron chi connectivity index (χ3n) is 4.90. The Hall–Kier alpha value is -1.53. The third-order valence-corrected chi connectivity index (χ3v) is 4.90. The Labute approximate surface area is 138 Å². The van der Waals surface area contributed by atoms with Crippen LogP contribution < -0.4 is 5.32 Å². The lowest BCUT2D eigenvalue weighted by Crippen LogP contribution is -2.52. The van der Waals surface area contributed by atoms with Gasteiger partial charge in [-0.05, 0) is 19.9 Å². The fraction of sp³-hybridized carbons (Fsp3) is 0.706. The summed E-state index contributed by atoms with van der Waals surface area (Å²) < 4.78 is 0. The number of hydrogen-bond acceptors (Lipinski definition) is 5. The maximum Gasteiger partial charge on any atom is 0.257 e. The normalized spacial score (nSPS) is 22.8. The molecular weight excluding hydrogens is 290 g/mol. The summed E-state index contributed by atoms with van der Waals surface area (Å²) in [7, 11) is 0. The molecule has 2 fully saturated rings. The summed E-state index contributed by atoms with van der Waals surface area (Å²) in [5.41, 5.74) is 1.43. The fourth-order valence-electron chi connectivity index (χ4n) is 3.38. The number of nitrogens with zero attached hydrogens (tertiary/aromatic N) is 4. The molecule has 3 rings (SSSR count). The summed E-state index contributed by atoms with van der Waals surface area (Å²) >= 11 is 0. The van der Waals surface area contributed by atoms with Gasteiger partial charge in [-0.2, -0.15) is 0 Å². The molecule has 2 aliphatic heterocycles. The smallest absolute Gasteiger partial charge is 0.257 e. The summed E-state index contributed by atoms with van der Waals surface area (Å²) in [6, 6.07) is 0.641. The quantitative estimate of drug-likeness (QED) is 0.902. The predicted octanol–water partition coefficient (Wildman–Crippen LogP) is 1.03. The molecule has 1 N–H and O–H groups in total. The Morgan fingerprint density at radius 2 is 2.04 bits per heavy atom. The van der Waals surface area contributed by atoms with Crippen LogP contribution in [0.15, 0.2) is 6.20 Å². The van der Waals surface area contributed by atoms with Crippen molar-refractivity contribution in [2.24, 2.45) is 0 Å². The molecule has 6 heteroatoms. The van der Waals surface area contributed by atoms with Crippen molar-refractivity contribution in [3.8, 4) is 0 Å². The van der Waals surface area contributed by atoms with Crippen molar-refractivity contribution in [1.29, 1.82) is 0 Å². The zero-order valence-electron chi connectivity index (χ0n) is 14.4. The van der Waals surface area contributed by atoms with Gasteiger partial charge in [0.05, 0.1) is 11.3 Å². The second-order valence-electron chi connectivity index (χ2n) is 6.86. The van der Waals surface area contributed by atoms with E-state index in [1.807, 2.05) is 11.8 Å². The van der Waals surface area contributed by atoms with E-state index in [0.29, 0.717) is 11.6 Å². The van der Waals surface area contributed by atoms with Crippen LogP contribution in [0.4, 0.5) is 0 Å². The lowest BCUT2D eigenvalue weighted by atomic mass is 10.1. The molecule has 0 saturated carbocycles. The van der Waals surface area contributed by atoms with Crippen LogP contribution in [0.25, 0.3) is 0 Å². The van der Waals surface area contributed by atoms with Gasteiger partial charge in [0.2, 0.25) is 0 Å². The largest absolute Gasteiger partial charge is 0.336 e. The van der Waals surface area contributed by atoms with Crippen molar-refractivity contribution < 1.29 is 4.79 Å². The molecule has 23 heavy (non-hydrogen) atoms. The minimum Gasteiger partial charge on any atom is -0.336 e. The van der Waals surface area contributed by atoms with Crippen LogP contribution in [-0.4, -0.2) is 71.0 Å². The maximum atomic E-state index is 12.7. The predicted molar refractivity (Wildman–Crippen MR) is 89.6 cm³/mol. The molecule has 0 aliphatic carbocycles. The molecule has 0 aromatic carbocycles. The summed E-state index contributed by atoms with van der Waals surface area (Å²) in [6.45, 7) is 11.7. The summed E-state index contributed by atoms with van der Waals surface area (Å²) in [4.78, 5) is 26.0. The maximum absolute atomic E-state index is 12.7. The van der Waals surface area contributed by atoms with E-state index in [1.54, 1.807) is 6.20 Å². The van der Waals surface area contributed by atoms with Crippen LogP contribution in [-0.2, 0) is 0 Å². The van der Waals surface area contributed by atoms with Crippen molar-refractivity contribution in [2.75, 3.05) is 39.3 Å². The van der Waals surface area contributed by atoms with Crippen LogP contribution in [0.5, 0.6) is 0 Å². The standard InChI is InChI=1S/C17H27N5O/c1-12(2)16-19-11-15(13(3)20-16)17(23)22-8-6-21(7-9-22)14-4-5-18-10-14/h11-12,14,18H,4-10H2,1-3H3/t14-/m0/s1. The average Bonchev–Trinajstić information content (AvgIpc) is 3.08. The van der Waals surface area contributed by atoms with Crippen molar-refractivity contribution in [3.63, 3.8) is 0 Å². The zero-order chi connectivity index (χ0) is 16.4. The van der Waals surface area contributed by atoms with Crippen molar-refractivity contribution in [1.82, 2.24) is 25.1 Å². The van der Waals surface area contributed by atoms with Gasteiger partial charge >= 0.3 is 0 Å². The fourth-order valence-corrected chi connectivity index (χ4v) is 3.38. The highest BCUT2D eigenvalue weighted by Crippen LogP contribution is 2.16. The minimum absolute atomic E-state index is 0.0713. The molecule has 0 radical (unpaired) electrons. The Balaban J connectivity index is 1.63. The van der Waals surface area contributed by atoms with E-state index in [-0.39, 0.29) is 11.8 Å². The van der Waals surface area contributed by atoms with Gasteiger partial charge in [0.15, 0.2) is 0 Å². The Morgan fingerprint density at radius 1 is 1.30 bits per heavy atom. The van der Waals surface area contributed by atoms with Crippen molar-refractivity contribution in [2.45, 2.75) is 39.2 Å².